The number of aromatic nitrogens is 1. The molecule has 33 heavy (non-hydrogen) atoms. The molecule has 1 aromatic heterocycles. The SMILES string of the molecule is C#CCNCCN1C(=O)N2[C@H](C3=CC=CCC3)c3[nH]c4ccc(OC)cc4c3C[C@@]2(C)C1=O. The van der Waals surface area contributed by atoms with Crippen LogP contribution >= 0.6 is 0 Å². The van der Waals surface area contributed by atoms with Crippen LogP contribution in [0.1, 0.15) is 37.1 Å². The van der Waals surface area contributed by atoms with Crippen molar-refractivity contribution in [3.63, 3.8) is 0 Å². The summed E-state index contributed by atoms with van der Waals surface area (Å²) in [5.41, 5.74) is 3.23. The van der Waals surface area contributed by atoms with Gasteiger partial charge in [-0.3, -0.25) is 14.6 Å². The molecule has 7 heteroatoms. The van der Waals surface area contributed by atoms with Gasteiger partial charge in [0.25, 0.3) is 5.91 Å². The second-order valence-corrected chi connectivity index (χ2v) is 8.98. The number of ether oxygens (including phenoxy) is 1. The largest absolute Gasteiger partial charge is 0.497 e. The predicted molar refractivity (Wildman–Crippen MR) is 127 cm³/mol. The second kappa shape index (κ2) is 8.13. The van der Waals surface area contributed by atoms with E-state index in [1.807, 2.05) is 31.2 Å². The molecule has 170 valence electrons. The number of carbonyl (C=O) groups is 2. The van der Waals surface area contributed by atoms with E-state index < -0.39 is 5.54 Å². The monoisotopic (exact) mass is 444 g/mol. The first-order chi connectivity index (χ1) is 16.0. The molecule has 7 nitrogen and oxygen atoms in total. The van der Waals surface area contributed by atoms with E-state index >= 15 is 0 Å². The molecule has 0 radical (unpaired) electrons. The summed E-state index contributed by atoms with van der Waals surface area (Å²) in [6.07, 6.45) is 13.8. The van der Waals surface area contributed by atoms with Gasteiger partial charge in [0.05, 0.1) is 19.7 Å². The van der Waals surface area contributed by atoms with E-state index in [1.165, 1.54) is 4.90 Å². The number of hydrogen-bond donors (Lipinski definition) is 2. The van der Waals surface area contributed by atoms with Crippen LogP contribution in [0.2, 0.25) is 0 Å². The van der Waals surface area contributed by atoms with Crippen molar-refractivity contribution in [2.24, 2.45) is 0 Å². The molecule has 0 saturated carbocycles. The van der Waals surface area contributed by atoms with Crippen LogP contribution in [-0.2, 0) is 11.2 Å². The van der Waals surface area contributed by atoms with Gasteiger partial charge in [-0.15, -0.1) is 6.42 Å². The summed E-state index contributed by atoms with van der Waals surface area (Å²) in [6.45, 7) is 3.06. The number of terminal acetylenes is 1. The topological polar surface area (TPSA) is 77.7 Å². The summed E-state index contributed by atoms with van der Waals surface area (Å²) in [4.78, 5) is 34.1. The van der Waals surface area contributed by atoms with Crippen LogP contribution in [0.25, 0.3) is 10.9 Å². The molecule has 3 amide bonds. The predicted octanol–water partition coefficient (Wildman–Crippen LogP) is 3.30. The van der Waals surface area contributed by atoms with Crippen LogP contribution < -0.4 is 10.1 Å². The first-order valence-electron chi connectivity index (χ1n) is 11.3. The van der Waals surface area contributed by atoms with Gasteiger partial charge in [0.1, 0.15) is 11.3 Å². The Kier molecular flexibility index (Phi) is 5.26. The van der Waals surface area contributed by atoms with E-state index in [0.717, 1.165) is 46.3 Å². The highest BCUT2D eigenvalue weighted by atomic mass is 16.5. The standard InChI is InChI=1S/C26H28N4O3/c1-4-12-27-13-14-29-24(31)26(2)16-20-19-15-18(33-3)10-11-21(19)28-22(20)23(30(26)25(29)32)17-8-6-5-7-9-17/h1,5-6,8,10-11,15,23,27-28H,7,9,12-14,16H2,2-3H3/t23-,26+/m1/s1. The number of H-pyrrole nitrogens is 1. The molecule has 2 N–H and O–H groups in total. The van der Waals surface area contributed by atoms with Crippen molar-refractivity contribution in [3.05, 3.63) is 53.3 Å². The lowest BCUT2D eigenvalue weighted by atomic mass is 9.79. The molecule has 1 saturated heterocycles. The minimum Gasteiger partial charge on any atom is -0.497 e. The number of nitrogens with one attached hydrogen (secondary N) is 2. The summed E-state index contributed by atoms with van der Waals surface area (Å²) in [5.74, 6) is 3.13. The van der Waals surface area contributed by atoms with Crippen molar-refractivity contribution < 1.29 is 14.3 Å². The van der Waals surface area contributed by atoms with E-state index in [0.29, 0.717) is 26.1 Å². The van der Waals surface area contributed by atoms with E-state index in [2.05, 4.69) is 28.4 Å². The number of urea groups is 1. The van der Waals surface area contributed by atoms with Crippen LogP contribution in [0.4, 0.5) is 4.79 Å². The Morgan fingerprint density at radius 1 is 1.36 bits per heavy atom. The van der Waals surface area contributed by atoms with Crippen molar-refractivity contribution in [1.29, 1.82) is 0 Å². The number of imide groups is 1. The molecule has 1 aliphatic carbocycles. The fraction of sp³-hybridized carbons (Fsp3) is 0.385. The number of aromatic amines is 1. The van der Waals surface area contributed by atoms with Crippen molar-refractivity contribution in [2.75, 3.05) is 26.7 Å². The molecule has 0 spiro atoms. The number of carbonyl (C=O) groups excluding carboxylic acids is 2. The van der Waals surface area contributed by atoms with Gasteiger partial charge in [0, 0.05) is 36.1 Å². The highest BCUT2D eigenvalue weighted by Crippen LogP contribution is 2.50. The summed E-state index contributed by atoms with van der Waals surface area (Å²) in [7, 11) is 1.65. The van der Waals surface area contributed by atoms with Crippen molar-refractivity contribution in [3.8, 4) is 18.1 Å². The fourth-order valence-corrected chi connectivity index (χ4v) is 5.40. The number of fused-ring (bicyclic) bond motifs is 4. The quantitative estimate of drug-likeness (QED) is 0.407. The van der Waals surface area contributed by atoms with Gasteiger partial charge >= 0.3 is 6.03 Å². The molecular weight excluding hydrogens is 416 g/mol. The van der Waals surface area contributed by atoms with E-state index in [9.17, 15) is 9.59 Å². The van der Waals surface area contributed by atoms with Crippen LogP contribution in [0.3, 0.4) is 0 Å². The third-order valence-corrected chi connectivity index (χ3v) is 7.01. The lowest BCUT2D eigenvalue weighted by Gasteiger charge is -2.43. The Morgan fingerprint density at radius 2 is 2.21 bits per heavy atom. The molecule has 2 aromatic rings. The number of nitrogens with zero attached hydrogens (tertiary/aromatic N) is 2. The average molecular weight is 445 g/mol. The van der Waals surface area contributed by atoms with E-state index in [4.69, 9.17) is 11.2 Å². The van der Waals surface area contributed by atoms with Gasteiger partial charge < -0.3 is 15.0 Å². The zero-order valence-corrected chi connectivity index (χ0v) is 19.0. The zero-order valence-electron chi connectivity index (χ0n) is 19.0. The Morgan fingerprint density at radius 3 is 2.94 bits per heavy atom. The number of methoxy groups -OCH3 is 1. The van der Waals surface area contributed by atoms with E-state index in [1.54, 1.807) is 12.0 Å². The summed E-state index contributed by atoms with van der Waals surface area (Å²) < 4.78 is 5.46. The maximum Gasteiger partial charge on any atom is 0.328 e. The maximum absolute atomic E-state index is 13.7. The van der Waals surface area contributed by atoms with Gasteiger partial charge in [-0.25, -0.2) is 4.79 Å². The van der Waals surface area contributed by atoms with Crippen LogP contribution in [0, 0.1) is 12.3 Å². The fourth-order valence-electron chi connectivity index (χ4n) is 5.40. The first kappa shape index (κ1) is 21.4. The third kappa shape index (κ3) is 3.25. The minimum atomic E-state index is -0.957. The van der Waals surface area contributed by atoms with Gasteiger partial charge in [-0.2, -0.15) is 0 Å². The van der Waals surface area contributed by atoms with Gasteiger partial charge in [0.15, 0.2) is 0 Å². The number of rotatable bonds is 6. The molecule has 5 rings (SSSR count). The number of hydrogen-bond acceptors (Lipinski definition) is 4. The number of benzene rings is 1. The molecule has 3 aliphatic rings. The smallest absolute Gasteiger partial charge is 0.328 e. The minimum absolute atomic E-state index is 0.158. The number of allylic oxidation sites excluding steroid dienone is 3. The van der Waals surface area contributed by atoms with E-state index in [-0.39, 0.29) is 18.0 Å². The zero-order chi connectivity index (χ0) is 23.2. The highest BCUT2D eigenvalue weighted by Gasteiger charge is 2.60. The molecule has 3 heterocycles. The Labute approximate surface area is 193 Å². The normalized spacial score (nSPS) is 24.0. The van der Waals surface area contributed by atoms with Crippen molar-refractivity contribution in [2.45, 2.75) is 37.8 Å². The van der Waals surface area contributed by atoms with Gasteiger partial charge in [-0.05, 0) is 49.1 Å². The number of amides is 3. The lowest BCUT2D eigenvalue weighted by molar-refractivity contribution is -0.133. The van der Waals surface area contributed by atoms with Crippen LogP contribution in [0.5, 0.6) is 5.75 Å². The first-order valence-corrected chi connectivity index (χ1v) is 11.3. The molecule has 1 aromatic carbocycles. The lowest BCUT2D eigenvalue weighted by Crippen LogP contribution is -2.53. The maximum atomic E-state index is 13.7. The summed E-state index contributed by atoms with van der Waals surface area (Å²) in [6, 6.07) is 5.37. The Bertz CT molecular complexity index is 1230. The Balaban J connectivity index is 1.63. The van der Waals surface area contributed by atoms with Gasteiger partial charge in [0.2, 0.25) is 0 Å². The van der Waals surface area contributed by atoms with Crippen molar-refractivity contribution >= 4 is 22.8 Å². The Hall–Kier alpha value is -3.50. The van der Waals surface area contributed by atoms with Gasteiger partial charge in [-0.1, -0.05) is 24.1 Å². The average Bonchev–Trinajstić information content (AvgIpc) is 3.28. The van der Waals surface area contributed by atoms with Crippen molar-refractivity contribution in [1.82, 2.24) is 20.1 Å². The highest BCUT2D eigenvalue weighted by molar-refractivity contribution is 6.08. The van der Waals surface area contributed by atoms with Crippen LogP contribution in [0.15, 0.2) is 42.0 Å². The molecule has 0 unspecified atom stereocenters. The third-order valence-electron chi connectivity index (χ3n) is 7.01. The molecule has 1 fully saturated rings. The second-order valence-electron chi connectivity index (χ2n) is 8.98. The van der Waals surface area contributed by atoms with Crippen LogP contribution in [-0.4, -0.2) is 59.0 Å². The molecule has 2 aliphatic heterocycles. The molecule has 2 atom stereocenters. The summed E-state index contributed by atoms with van der Waals surface area (Å²) in [5, 5.41) is 4.12. The molecular formula is C26H28N4O3. The summed E-state index contributed by atoms with van der Waals surface area (Å²) >= 11 is 0. The molecule has 0 bridgehead atoms.